The number of aromatic nitrogens is 1. The van der Waals surface area contributed by atoms with E-state index in [0.717, 1.165) is 21.9 Å². The number of hydrogen-bond acceptors (Lipinski definition) is 4. The van der Waals surface area contributed by atoms with Gasteiger partial charge in [0.25, 0.3) is 0 Å². The van der Waals surface area contributed by atoms with Gasteiger partial charge >= 0.3 is 0 Å². The normalized spacial score (nSPS) is 11.9. The highest BCUT2D eigenvalue weighted by Gasteiger charge is 2.18. The molecule has 0 fully saturated rings. The van der Waals surface area contributed by atoms with E-state index in [1.165, 1.54) is 11.8 Å². The zero-order chi connectivity index (χ0) is 21.0. The Morgan fingerprint density at radius 1 is 1.07 bits per heavy atom. The van der Waals surface area contributed by atoms with Crippen LogP contribution in [0.1, 0.15) is 6.92 Å². The molecule has 1 aromatic heterocycles. The minimum atomic E-state index is -1.68. The van der Waals surface area contributed by atoms with Gasteiger partial charge in [-0.3, -0.25) is 14.6 Å². The predicted octanol–water partition coefficient (Wildman–Crippen LogP) is 3.89. The van der Waals surface area contributed by atoms with Crippen LogP contribution in [-0.4, -0.2) is 28.6 Å². The molecule has 0 aliphatic rings. The molecule has 3 rings (SSSR count). The Morgan fingerprint density at radius 3 is 2.62 bits per heavy atom. The first-order valence-corrected chi connectivity index (χ1v) is 9.46. The monoisotopic (exact) mass is 419 g/mol. The highest BCUT2D eigenvalue weighted by atomic mass is 32.2. The summed E-state index contributed by atoms with van der Waals surface area (Å²) in [6, 6.07) is 10.9. The fraction of sp³-hybridized carbons (Fsp3) is 0.150. The molecule has 1 unspecified atom stereocenters. The van der Waals surface area contributed by atoms with Crippen LogP contribution in [-0.2, 0) is 9.59 Å². The summed E-state index contributed by atoms with van der Waals surface area (Å²) in [5.74, 6) is -5.71. The predicted molar refractivity (Wildman–Crippen MR) is 105 cm³/mol. The van der Waals surface area contributed by atoms with E-state index in [0.29, 0.717) is 6.07 Å². The van der Waals surface area contributed by atoms with Crippen molar-refractivity contribution in [3.05, 3.63) is 66.1 Å². The Kier molecular flexibility index (Phi) is 6.38. The molecule has 1 heterocycles. The molecule has 9 heteroatoms. The molecular weight excluding hydrogens is 403 g/mol. The second-order valence-electron chi connectivity index (χ2n) is 6.08. The Labute approximate surface area is 168 Å². The molecule has 5 nitrogen and oxygen atoms in total. The number of hydrogen-bond donors (Lipinski definition) is 2. The van der Waals surface area contributed by atoms with Crippen molar-refractivity contribution in [2.45, 2.75) is 17.1 Å². The zero-order valence-corrected chi connectivity index (χ0v) is 16.0. The first kappa shape index (κ1) is 20.7. The van der Waals surface area contributed by atoms with E-state index in [2.05, 4.69) is 15.6 Å². The van der Waals surface area contributed by atoms with E-state index in [1.807, 2.05) is 24.3 Å². The summed E-state index contributed by atoms with van der Waals surface area (Å²) >= 11 is 1.31. The number of benzene rings is 2. The van der Waals surface area contributed by atoms with Crippen molar-refractivity contribution >= 4 is 40.2 Å². The minimum absolute atomic E-state index is 0.406. The van der Waals surface area contributed by atoms with Gasteiger partial charge in [0, 0.05) is 16.5 Å². The van der Waals surface area contributed by atoms with E-state index in [-0.39, 0.29) is 0 Å². The standard InChI is InChI=1S/C20H16F3N3O2S/c1-11(29-16-8-9-24-14-5-3-2-4-12(14)16)20(28)25-10-17(27)26-15-7-6-13(21)18(22)19(15)23/h2-9,11H,10H2,1H3,(H,25,28)(H,26,27). The molecule has 3 aromatic rings. The van der Waals surface area contributed by atoms with E-state index in [9.17, 15) is 22.8 Å². The van der Waals surface area contributed by atoms with Crippen molar-refractivity contribution in [1.29, 1.82) is 0 Å². The number of fused-ring (bicyclic) bond motifs is 1. The second-order valence-corrected chi connectivity index (χ2v) is 7.46. The van der Waals surface area contributed by atoms with Gasteiger partial charge in [0.2, 0.25) is 11.8 Å². The topological polar surface area (TPSA) is 71.1 Å². The lowest BCUT2D eigenvalue weighted by atomic mass is 10.2. The van der Waals surface area contributed by atoms with Crippen LogP contribution >= 0.6 is 11.8 Å². The summed E-state index contributed by atoms with van der Waals surface area (Å²) in [6.07, 6.45) is 1.65. The SMILES string of the molecule is CC(Sc1ccnc2ccccc12)C(=O)NCC(=O)Nc1ccc(F)c(F)c1F. The lowest BCUT2D eigenvalue weighted by molar-refractivity contribution is -0.123. The summed E-state index contributed by atoms with van der Waals surface area (Å²) in [7, 11) is 0. The fourth-order valence-corrected chi connectivity index (χ4v) is 3.55. The Balaban J connectivity index is 1.57. The van der Waals surface area contributed by atoms with Gasteiger partial charge in [-0.25, -0.2) is 13.2 Å². The van der Waals surface area contributed by atoms with Crippen LogP contribution in [0.5, 0.6) is 0 Å². The number of halogens is 3. The van der Waals surface area contributed by atoms with Crippen LogP contribution in [0.25, 0.3) is 10.9 Å². The lowest BCUT2D eigenvalue weighted by Crippen LogP contribution is -2.37. The Morgan fingerprint density at radius 2 is 1.83 bits per heavy atom. The van der Waals surface area contributed by atoms with E-state index >= 15 is 0 Å². The third-order valence-electron chi connectivity index (χ3n) is 4.01. The third-order valence-corrected chi connectivity index (χ3v) is 5.19. The van der Waals surface area contributed by atoms with Crippen molar-refractivity contribution < 1.29 is 22.8 Å². The molecule has 0 spiro atoms. The molecule has 2 aromatic carbocycles. The van der Waals surface area contributed by atoms with Crippen LogP contribution in [0.15, 0.2) is 53.6 Å². The van der Waals surface area contributed by atoms with Crippen LogP contribution in [0.4, 0.5) is 18.9 Å². The number of anilines is 1. The van der Waals surface area contributed by atoms with Crippen LogP contribution < -0.4 is 10.6 Å². The van der Waals surface area contributed by atoms with Gasteiger partial charge in [-0.2, -0.15) is 0 Å². The van der Waals surface area contributed by atoms with Crippen LogP contribution in [0.2, 0.25) is 0 Å². The average Bonchev–Trinajstić information content (AvgIpc) is 2.72. The number of rotatable bonds is 6. The van der Waals surface area contributed by atoms with Crippen molar-refractivity contribution in [3.63, 3.8) is 0 Å². The molecule has 2 N–H and O–H groups in total. The van der Waals surface area contributed by atoms with E-state index < -0.39 is 46.7 Å². The molecule has 0 radical (unpaired) electrons. The highest BCUT2D eigenvalue weighted by molar-refractivity contribution is 8.00. The van der Waals surface area contributed by atoms with Crippen molar-refractivity contribution in [2.24, 2.45) is 0 Å². The number of pyridine rings is 1. The molecule has 0 aliphatic heterocycles. The van der Waals surface area contributed by atoms with Gasteiger partial charge in [0.05, 0.1) is 23.0 Å². The number of para-hydroxylation sites is 1. The van der Waals surface area contributed by atoms with Crippen molar-refractivity contribution in [2.75, 3.05) is 11.9 Å². The summed E-state index contributed by atoms with van der Waals surface area (Å²) in [5.41, 5.74) is 0.298. The smallest absolute Gasteiger partial charge is 0.243 e. The van der Waals surface area contributed by atoms with Gasteiger partial charge in [-0.15, -0.1) is 11.8 Å². The first-order chi connectivity index (χ1) is 13.9. The summed E-state index contributed by atoms with van der Waals surface area (Å²) in [5, 5.41) is 4.92. The summed E-state index contributed by atoms with van der Waals surface area (Å²) in [6.45, 7) is 1.24. The molecule has 29 heavy (non-hydrogen) atoms. The zero-order valence-electron chi connectivity index (χ0n) is 15.2. The van der Waals surface area contributed by atoms with Crippen LogP contribution in [0.3, 0.4) is 0 Å². The molecule has 2 amide bonds. The maximum absolute atomic E-state index is 13.6. The van der Waals surface area contributed by atoms with Crippen molar-refractivity contribution in [1.82, 2.24) is 10.3 Å². The number of nitrogens with one attached hydrogen (secondary N) is 2. The van der Waals surface area contributed by atoms with Gasteiger partial charge in [0.15, 0.2) is 17.5 Å². The largest absolute Gasteiger partial charge is 0.346 e. The Bertz CT molecular complexity index is 1070. The number of carbonyl (C=O) groups excluding carboxylic acids is 2. The van der Waals surface area contributed by atoms with Crippen LogP contribution in [0, 0.1) is 17.5 Å². The third kappa shape index (κ3) is 4.86. The van der Waals surface area contributed by atoms with Gasteiger partial charge in [0.1, 0.15) is 0 Å². The summed E-state index contributed by atoms with van der Waals surface area (Å²) < 4.78 is 39.7. The average molecular weight is 419 g/mol. The second kappa shape index (κ2) is 8.95. The maximum atomic E-state index is 13.6. The molecule has 0 aliphatic carbocycles. The fourth-order valence-electron chi connectivity index (χ4n) is 2.54. The first-order valence-electron chi connectivity index (χ1n) is 8.58. The Hall–Kier alpha value is -3.07. The molecule has 0 saturated heterocycles. The molecule has 1 atom stereocenters. The highest BCUT2D eigenvalue weighted by Crippen LogP contribution is 2.29. The molecule has 0 bridgehead atoms. The molecule has 150 valence electrons. The molecule has 0 saturated carbocycles. The van der Waals surface area contributed by atoms with E-state index in [4.69, 9.17) is 0 Å². The maximum Gasteiger partial charge on any atom is 0.243 e. The quantitative estimate of drug-likeness (QED) is 0.470. The molecular formula is C20H16F3N3O2S. The number of amides is 2. The van der Waals surface area contributed by atoms with Gasteiger partial charge in [-0.05, 0) is 31.2 Å². The number of nitrogens with zero attached hydrogens (tertiary/aromatic N) is 1. The van der Waals surface area contributed by atoms with Gasteiger partial charge < -0.3 is 10.6 Å². The number of carbonyl (C=O) groups is 2. The summed E-state index contributed by atoms with van der Waals surface area (Å²) in [4.78, 5) is 29.3. The van der Waals surface area contributed by atoms with Crippen molar-refractivity contribution in [3.8, 4) is 0 Å². The van der Waals surface area contributed by atoms with Gasteiger partial charge in [-0.1, -0.05) is 18.2 Å². The van der Waals surface area contributed by atoms with E-state index in [1.54, 1.807) is 19.2 Å². The minimum Gasteiger partial charge on any atom is -0.346 e. The number of thioether (sulfide) groups is 1. The lowest BCUT2D eigenvalue weighted by Gasteiger charge is -2.13.